The van der Waals surface area contributed by atoms with E-state index in [1.54, 1.807) is 13.4 Å². The van der Waals surface area contributed by atoms with E-state index in [1.807, 2.05) is 31.0 Å². The minimum absolute atomic E-state index is 0.159. The van der Waals surface area contributed by atoms with Gasteiger partial charge in [0.15, 0.2) is 0 Å². The summed E-state index contributed by atoms with van der Waals surface area (Å²) in [5.41, 5.74) is 6.18. The van der Waals surface area contributed by atoms with E-state index >= 15 is 0 Å². The van der Waals surface area contributed by atoms with Crippen molar-refractivity contribution < 1.29 is 4.74 Å². The van der Waals surface area contributed by atoms with Crippen molar-refractivity contribution in [2.75, 3.05) is 45.7 Å². The SMILES string of the molecule is CNC1=CC(Nc2cc(-c3ccc4c(cnn4C)c3)ncn2)=CC(OC)C=C1N1CCC(N2CCCCC2)CC1. The summed E-state index contributed by atoms with van der Waals surface area (Å²) in [7, 11) is 5.70. The van der Waals surface area contributed by atoms with Crippen LogP contribution in [-0.2, 0) is 11.8 Å². The number of benzene rings is 1. The van der Waals surface area contributed by atoms with Crippen LogP contribution in [0.5, 0.6) is 0 Å². The molecule has 0 amide bonds. The van der Waals surface area contributed by atoms with E-state index in [0.29, 0.717) is 6.04 Å². The zero-order valence-electron chi connectivity index (χ0n) is 23.8. The summed E-state index contributed by atoms with van der Waals surface area (Å²) >= 11 is 0. The number of methoxy groups -OCH3 is 1. The Kier molecular flexibility index (Phi) is 7.84. The third-order valence-electron chi connectivity index (χ3n) is 8.48. The molecule has 2 saturated heterocycles. The minimum Gasteiger partial charge on any atom is -0.386 e. The van der Waals surface area contributed by atoms with Crippen LogP contribution in [0.4, 0.5) is 5.82 Å². The molecule has 40 heavy (non-hydrogen) atoms. The van der Waals surface area contributed by atoms with Crippen molar-refractivity contribution in [3.05, 3.63) is 72.1 Å². The molecule has 0 saturated carbocycles. The standard InChI is InChI=1S/C31H40N8O/c1-32-28-17-24(36-31-19-27(33-21-34-31)22-7-8-29-23(15-22)20-35-37(29)2)16-26(40-3)18-30(28)39-13-9-25(10-14-39)38-11-5-4-6-12-38/h7-8,15-21,25-26,32H,4-6,9-14H2,1-3H3,(H,33,34,36). The molecule has 2 aliphatic heterocycles. The first-order chi connectivity index (χ1) is 19.6. The zero-order valence-corrected chi connectivity index (χ0v) is 23.8. The molecular formula is C31H40N8O. The van der Waals surface area contributed by atoms with E-state index in [9.17, 15) is 0 Å². The third-order valence-corrected chi connectivity index (χ3v) is 8.48. The second-order valence-electron chi connectivity index (χ2n) is 11.0. The molecule has 0 bridgehead atoms. The number of ether oxygens (including phenoxy) is 1. The predicted octanol–water partition coefficient (Wildman–Crippen LogP) is 4.29. The van der Waals surface area contributed by atoms with Crippen LogP contribution in [0.25, 0.3) is 22.2 Å². The number of likely N-dealkylation sites (N-methyl/N-ethyl adjacent to an activating group) is 1. The quantitative estimate of drug-likeness (QED) is 0.459. The first-order valence-electron chi connectivity index (χ1n) is 14.5. The fourth-order valence-electron chi connectivity index (χ4n) is 6.25. The molecule has 210 valence electrons. The van der Waals surface area contributed by atoms with Gasteiger partial charge in [-0.05, 0) is 69.1 Å². The van der Waals surface area contributed by atoms with Gasteiger partial charge in [0.25, 0.3) is 0 Å². The van der Waals surface area contributed by atoms with Crippen LogP contribution < -0.4 is 10.6 Å². The lowest BCUT2D eigenvalue weighted by atomic mass is 9.99. The number of hydrogen-bond acceptors (Lipinski definition) is 8. The number of nitrogens with zero attached hydrogens (tertiary/aromatic N) is 6. The minimum atomic E-state index is -0.159. The Morgan fingerprint density at radius 1 is 0.975 bits per heavy atom. The summed E-state index contributed by atoms with van der Waals surface area (Å²) in [6.45, 7) is 4.65. The Hall–Kier alpha value is -3.69. The third kappa shape index (κ3) is 5.62. The fraction of sp³-hybridized carbons (Fsp3) is 0.452. The monoisotopic (exact) mass is 540 g/mol. The zero-order chi connectivity index (χ0) is 27.5. The Labute approximate surface area is 236 Å². The van der Waals surface area contributed by atoms with Crippen molar-refractivity contribution >= 4 is 16.7 Å². The van der Waals surface area contributed by atoms with Gasteiger partial charge in [-0.15, -0.1) is 0 Å². The van der Waals surface area contributed by atoms with E-state index in [4.69, 9.17) is 4.74 Å². The summed E-state index contributed by atoms with van der Waals surface area (Å²) in [5, 5.41) is 12.4. The first-order valence-corrected chi connectivity index (χ1v) is 14.5. The van der Waals surface area contributed by atoms with E-state index in [0.717, 1.165) is 52.5 Å². The number of aromatic nitrogens is 4. The maximum Gasteiger partial charge on any atom is 0.134 e. The summed E-state index contributed by atoms with van der Waals surface area (Å²) in [6, 6.07) is 8.96. The Morgan fingerprint density at radius 2 is 1.80 bits per heavy atom. The van der Waals surface area contributed by atoms with Gasteiger partial charge in [-0.3, -0.25) is 4.68 Å². The van der Waals surface area contributed by atoms with Crippen LogP contribution in [-0.4, -0.2) is 82.0 Å². The van der Waals surface area contributed by atoms with Crippen molar-refractivity contribution in [1.29, 1.82) is 0 Å². The molecule has 6 rings (SSSR count). The Bertz CT molecular complexity index is 1430. The van der Waals surface area contributed by atoms with E-state index in [1.165, 1.54) is 50.9 Å². The smallest absolute Gasteiger partial charge is 0.134 e. The highest BCUT2D eigenvalue weighted by atomic mass is 16.5. The van der Waals surface area contributed by atoms with Crippen LogP contribution >= 0.6 is 0 Å². The van der Waals surface area contributed by atoms with Crippen LogP contribution in [0.2, 0.25) is 0 Å². The maximum absolute atomic E-state index is 5.88. The van der Waals surface area contributed by atoms with E-state index in [-0.39, 0.29) is 6.10 Å². The summed E-state index contributed by atoms with van der Waals surface area (Å²) in [6.07, 6.45) is 16.3. The Morgan fingerprint density at radius 3 is 2.58 bits per heavy atom. The highest BCUT2D eigenvalue weighted by Crippen LogP contribution is 2.29. The average Bonchev–Trinajstić information content (AvgIpc) is 3.28. The molecule has 1 aromatic carbocycles. The van der Waals surface area contributed by atoms with Crippen LogP contribution in [0, 0.1) is 0 Å². The van der Waals surface area contributed by atoms with Gasteiger partial charge in [0.05, 0.1) is 34.9 Å². The lowest BCUT2D eigenvalue weighted by Gasteiger charge is -2.42. The predicted molar refractivity (Wildman–Crippen MR) is 159 cm³/mol. The van der Waals surface area contributed by atoms with Crippen LogP contribution in [0.3, 0.4) is 0 Å². The molecule has 3 aliphatic rings. The van der Waals surface area contributed by atoms with Crippen molar-refractivity contribution in [3.8, 4) is 11.3 Å². The van der Waals surface area contributed by atoms with Gasteiger partial charge >= 0.3 is 0 Å². The van der Waals surface area contributed by atoms with E-state index in [2.05, 4.69) is 71.9 Å². The molecule has 0 spiro atoms. The molecule has 1 aliphatic carbocycles. The summed E-state index contributed by atoms with van der Waals surface area (Å²) < 4.78 is 7.75. The van der Waals surface area contributed by atoms with Gasteiger partial charge in [0, 0.05) is 63.0 Å². The van der Waals surface area contributed by atoms with Crippen molar-refractivity contribution in [2.24, 2.45) is 7.05 Å². The van der Waals surface area contributed by atoms with Crippen LogP contribution in [0.15, 0.2) is 72.1 Å². The van der Waals surface area contributed by atoms with Gasteiger partial charge in [-0.1, -0.05) is 12.5 Å². The van der Waals surface area contributed by atoms with E-state index < -0.39 is 0 Å². The molecule has 2 aromatic heterocycles. The number of allylic oxidation sites excluding steroid dienone is 1. The normalized spacial score (nSPS) is 21.0. The molecule has 1 atom stereocenters. The van der Waals surface area contributed by atoms with Crippen molar-refractivity contribution in [2.45, 2.75) is 44.2 Å². The van der Waals surface area contributed by atoms with Gasteiger partial charge in [0.2, 0.25) is 0 Å². The number of aryl methyl sites for hydroxylation is 1. The van der Waals surface area contributed by atoms with Gasteiger partial charge in [-0.25, -0.2) is 9.97 Å². The topological polar surface area (TPSA) is 83.4 Å². The van der Waals surface area contributed by atoms with Crippen molar-refractivity contribution in [3.63, 3.8) is 0 Å². The molecular weight excluding hydrogens is 500 g/mol. The molecule has 2 fully saturated rings. The molecule has 1 unspecified atom stereocenters. The molecule has 4 heterocycles. The number of hydrogen-bond donors (Lipinski definition) is 2. The highest BCUT2D eigenvalue weighted by Gasteiger charge is 2.28. The van der Waals surface area contributed by atoms with Crippen molar-refractivity contribution in [1.82, 2.24) is 34.9 Å². The lowest BCUT2D eigenvalue weighted by molar-refractivity contribution is 0.104. The van der Waals surface area contributed by atoms with Crippen LogP contribution in [0.1, 0.15) is 32.1 Å². The second-order valence-corrected chi connectivity index (χ2v) is 11.0. The molecule has 2 N–H and O–H groups in total. The summed E-state index contributed by atoms with van der Waals surface area (Å²) in [5.74, 6) is 0.731. The number of piperidine rings is 2. The van der Waals surface area contributed by atoms with Gasteiger partial charge < -0.3 is 25.2 Å². The molecule has 9 heteroatoms. The number of nitrogens with one attached hydrogen (secondary N) is 2. The molecule has 0 radical (unpaired) electrons. The molecule has 3 aromatic rings. The fourth-order valence-corrected chi connectivity index (χ4v) is 6.25. The largest absolute Gasteiger partial charge is 0.386 e. The van der Waals surface area contributed by atoms with Gasteiger partial charge in [0.1, 0.15) is 12.1 Å². The average molecular weight is 541 g/mol. The number of fused-ring (bicyclic) bond motifs is 1. The number of likely N-dealkylation sites (tertiary alicyclic amines) is 2. The highest BCUT2D eigenvalue weighted by molar-refractivity contribution is 5.84. The Balaban J connectivity index is 1.19. The lowest BCUT2D eigenvalue weighted by Crippen LogP contribution is -2.46. The number of rotatable bonds is 7. The summed E-state index contributed by atoms with van der Waals surface area (Å²) in [4.78, 5) is 14.3. The molecule has 9 nitrogen and oxygen atoms in total. The number of anilines is 1. The second kappa shape index (κ2) is 11.8. The first kappa shape index (κ1) is 26.5. The maximum atomic E-state index is 5.88. The van der Waals surface area contributed by atoms with Gasteiger partial charge in [-0.2, -0.15) is 5.10 Å².